The molecule has 0 radical (unpaired) electrons. The van der Waals surface area contributed by atoms with Crippen molar-refractivity contribution in [1.29, 1.82) is 0 Å². The van der Waals surface area contributed by atoms with Gasteiger partial charge >= 0.3 is 0 Å². The van der Waals surface area contributed by atoms with Gasteiger partial charge in [-0.05, 0) is 55.2 Å². The van der Waals surface area contributed by atoms with E-state index < -0.39 is 0 Å². The number of rotatable bonds is 7. The van der Waals surface area contributed by atoms with Crippen LogP contribution in [0.15, 0.2) is 83.3 Å². The maximum Gasteiger partial charge on any atom is 0.232 e. The van der Waals surface area contributed by atoms with Crippen LogP contribution in [-0.2, 0) is 6.54 Å². The first-order valence-corrected chi connectivity index (χ1v) is 14.9. The standard InChI is InChI=1S/C32H37N7OS/c1-24-9-8-16-39(23-24)30-21-29(38-19-17-37(18-20-38)26-12-6-3-7-13-26)34-31(35-30)36-32(41)33-22-27-14-15-28(40-27)25-10-4-2-5-11-25/h2-7,10-15,21,24H,8-9,16-20,22-23H2,1H3,(H2,33,34,35,36,41). The molecule has 0 aliphatic carbocycles. The lowest BCUT2D eigenvalue weighted by atomic mass is 10.0. The van der Waals surface area contributed by atoms with Crippen molar-refractivity contribution in [3.05, 3.63) is 84.6 Å². The molecule has 2 saturated heterocycles. The summed E-state index contributed by atoms with van der Waals surface area (Å²) in [7, 11) is 0. The van der Waals surface area contributed by atoms with Crippen LogP contribution in [0.1, 0.15) is 25.5 Å². The van der Waals surface area contributed by atoms with Crippen molar-refractivity contribution in [2.45, 2.75) is 26.3 Å². The molecule has 0 amide bonds. The van der Waals surface area contributed by atoms with E-state index in [1.54, 1.807) is 0 Å². The van der Waals surface area contributed by atoms with Crippen molar-refractivity contribution in [3.63, 3.8) is 0 Å². The zero-order valence-corrected chi connectivity index (χ0v) is 24.3. The molecule has 41 heavy (non-hydrogen) atoms. The van der Waals surface area contributed by atoms with Crippen LogP contribution in [0.2, 0.25) is 0 Å². The Labute approximate surface area is 247 Å². The average molecular weight is 568 g/mol. The van der Waals surface area contributed by atoms with Crippen molar-refractivity contribution < 1.29 is 4.42 Å². The van der Waals surface area contributed by atoms with E-state index in [2.05, 4.69) is 68.7 Å². The molecule has 4 heterocycles. The van der Waals surface area contributed by atoms with Crippen LogP contribution in [0.5, 0.6) is 0 Å². The molecule has 6 rings (SSSR count). The Hall–Kier alpha value is -4.11. The number of nitrogens with zero attached hydrogens (tertiary/aromatic N) is 5. The summed E-state index contributed by atoms with van der Waals surface area (Å²) in [5.74, 6) is 4.70. The van der Waals surface area contributed by atoms with Crippen LogP contribution in [0, 0.1) is 5.92 Å². The average Bonchev–Trinajstić information content (AvgIpc) is 3.50. The van der Waals surface area contributed by atoms with Crippen LogP contribution >= 0.6 is 12.2 Å². The number of furan rings is 1. The highest BCUT2D eigenvalue weighted by molar-refractivity contribution is 7.80. The molecule has 0 spiro atoms. The Kier molecular flexibility index (Phi) is 8.32. The summed E-state index contributed by atoms with van der Waals surface area (Å²) < 4.78 is 6.02. The minimum absolute atomic E-state index is 0.465. The molecule has 2 aliphatic rings. The van der Waals surface area contributed by atoms with Crippen molar-refractivity contribution in [3.8, 4) is 11.3 Å². The zero-order chi connectivity index (χ0) is 28.0. The second-order valence-corrected chi connectivity index (χ2v) is 11.3. The lowest BCUT2D eigenvalue weighted by Crippen LogP contribution is -2.47. The van der Waals surface area contributed by atoms with Gasteiger partial charge in [-0.15, -0.1) is 0 Å². The fraction of sp³-hybridized carbons (Fsp3) is 0.344. The molecule has 2 N–H and O–H groups in total. The molecular formula is C32H37N7OS. The molecule has 1 atom stereocenters. The number of aromatic nitrogens is 2. The minimum Gasteiger partial charge on any atom is -0.459 e. The van der Waals surface area contributed by atoms with Crippen molar-refractivity contribution in [1.82, 2.24) is 15.3 Å². The summed E-state index contributed by atoms with van der Waals surface area (Å²) in [6, 6.07) is 26.8. The predicted molar refractivity (Wildman–Crippen MR) is 171 cm³/mol. The third-order valence-corrected chi connectivity index (χ3v) is 8.02. The topological polar surface area (TPSA) is 72.7 Å². The highest BCUT2D eigenvalue weighted by Gasteiger charge is 2.23. The van der Waals surface area contributed by atoms with Gasteiger partial charge in [0.05, 0.1) is 6.54 Å². The van der Waals surface area contributed by atoms with Gasteiger partial charge in [0.2, 0.25) is 5.95 Å². The predicted octanol–water partition coefficient (Wildman–Crippen LogP) is 5.79. The number of piperazine rings is 1. The Morgan fingerprint density at radius 3 is 2.27 bits per heavy atom. The molecule has 2 aromatic carbocycles. The van der Waals surface area contributed by atoms with Crippen LogP contribution in [0.3, 0.4) is 0 Å². The fourth-order valence-electron chi connectivity index (χ4n) is 5.58. The molecular weight excluding hydrogens is 530 g/mol. The Balaban J connectivity index is 1.14. The van der Waals surface area contributed by atoms with Crippen LogP contribution in [-0.4, -0.2) is 54.3 Å². The normalized spacial score (nSPS) is 17.4. The van der Waals surface area contributed by atoms with Gasteiger partial charge < -0.3 is 29.8 Å². The summed E-state index contributed by atoms with van der Waals surface area (Å²) in [5, 5.41) is 6.97. The molecule has 0 saturated carbocycles. The molecule has 212 valence electrons. The molecule has 1 unspecified atom stereocenters. The van der Waals surface area contributed by atoms with Crippen LogP contribution < -0.4 is 25.3 Å². The summed E-state index contributed by atoms with van der Waals surface area (Å²) in [4.78, 5) is 17.0. The molecule has 2 fully saturated rings. The Bertz CT molecular complexity index is 1440. The number of para-hydroxylation sites is 1. The monoisotopic (exact) mass is 567 g/mol. The van der Waals surface area contributed by atoms with E-state index in [4.69, 9.17) is 26.6 Å². The van der Waals surface area contributed by atoms with Gasteiger partial charge in [0.15, 0.2) is 5.11 Å². The number of piperidine rings is 1. The second-order valence-electron chi connectivity index (χ2n) is 10.9. The third-order valence-electron chi connectivity index (χ3n) is 7.77. The van der Waals surface area contributed by atoms with E-state index in [0.717, 1.165) is 68.0 Å². The van der Waals surface area contributed by atoms with E-state index in [-0.39, 0.29) is 0 Å². The zero-order valence-electron chi connectivity index (χ0n) is 23.5. The third kappa shape index (κ3) is 6.79. The van der Waals surface area contributed by atoms with E-state index in [9.17, 15) is 0 Å². The minimum atomic E-state index is 0.465. The quantitative estimate of drug-likeness (QED) is 0.270. The maximum atomic E-state index is 6.02. The van der Waals surface area contributed by atoms with Crippen molar-refractivity contribution >= 4 is 40.6 Å². The summed E-state index contributed by atoms with van der Waals surface area (Å²) in [6.45, 7) is 8.47. The molecule has 9 heteroatoms. The number of benzene rings is 2. The van der Waals surface area contributed by atoms with Gasteiger partial charge in [0.1, 0.15) is 23.2 Å². The van der Waals surface area contributed by atoms with Crippen LogP contribution in [0.4, 0.5) is 23.3 Å². The van der Waals surface area contributed by atoms with Gasteiger partial charge in [-0.2, -0.15) is 9.97 Å². The first kappa shape index (κ1) is 27.1. The SMILES string of the molecule is CC1CCCN(c2cc(N3CCN(c4ccccc4)CC3)nc(NC(=S)NCc3ccc(-c4ccccc4)o3)n2)C1. The smallest absolute Gasteiger partial charge is 0.232 e. The summed E-state index contributed by atoms with van der Waals surface area (Å²) >= 11 is 5.65. The molecule has 8 nitrogen and oxygen atoms in total. The van der Waals surface area contributed by atoms with E-state index in [0.29, 0.717) is 23.5 Å². The van der Waals surface area contributed by atoms with E-state index >= 15 is 0 Å². The van der Waals surface area contributed by atoms with Gasteiger partial charge in [-0.1, -0.05) is 55.5 Å². The number of hydrogen-bond donors (Lipinski definition) is 2. The highest BCUT2D eigenvalue weighted by Crippen LogP contribution is 2.27. The van der Waals surface area contributed by atoms with Crippen molar-refractivity contribution in [2.24, 2.45) is 5.92 Å². The fourth-order valence-corrected chi connectivity index (χ4v) is 5.74. The first-order valence-electron chi connectivity index (χ1n) is 14.5. The Morgan fingerprint density at radius 1 is 0.854 bits per heavy atom. The number of thiocarbonyl (C=S) groups is 1. The molecule has 4 aromatic rings. The second kappa shape index (κ2) is 12.6. The largest absolute Gasteiger partial charge is 0.459 e. The summed E-state index contributed by atoms with van der Waals surface area (Å²) in [6.07, 6.45) is 2.43. The lowest BCUT2D eigenvalue weighted by molar-refractivity contribution is 0.444. The van der Waals surface area contributed by atoms with Crippen LogP contribution in [0.25, 0.3) is 11.3 Å². The first-order chi connectivity index (χ1) is 20.1. The molecule has 2 aromatic heterocycles. The van der Waals surface area contributed by atoms with Gasteiger partial charge in [-0.25, -0.2) is 0 Å². The number of anilines is 4. The lowest BCUT2D eigenvalue weighted by Gasteiger charge is -2.37. The summed E-state index contributed by atoms with van der Waals surface area (Å²) in [5.41, 5.74) is 2.32. The number of hydrogen-bond acceptors (Lipinski definition) is 7. The van der Waals surface area contributed by atoms with Crippen molar-refractivity contribution in [2.75, 3.05) is 59.3 Å². The number of nitrogens with one attached hydrogen (secondary N) is 2. The maximum absolute atomic E-state index is 6.02. The Morgan fingerprint density at radius 2 is 1.54 bits per heavy atom. The van der Waals surface area contributed by atoms with E-state index in [1.807, 2.05) is 42.5 Å². The van der Waals surface area contributed by atoms with Gasteiger partial charge in [0, 0.05) is 56.6 Å². The van der Waals surface area contributed by atoms with Gasteiger partial charge in [0.25, 0.3) is 0 Å². The molecule has 0 bridgehead atoms. The van der Waals surface area contributed by atoms with Gasteiger partial charge in [-0.3, -0.25) is 0 Å². The highest BCUT2D eigenvalue weighted by atomic mass is 32.1. The van der Waals surface area contributed by atoms with E-state index in [1.165, 1.54) is 18.5 Å². The molecule has 2 aliphatic heterocycles.